The molecule has 0 radical (unpaired) electrons. The molecule has 1 aliphatic heterocycles. The molecule has 0 bridgehead atoms. The van der Waals surface area contributed by atoms with Gasteiger partial charge in [-0.05, 0) is 60.5 Å². The first kappa shape index (κ1) is 11.2. The van der Waals surface area contributed by atoms with Gasteiger partial charge in [0, 0.05) is 6.54 Å². The van der Waals surface area contributed by atoms with Crippen LogP contribution in [0.3, 0.4) is 0 Å². The minimum atomic E-state index is 0.799. The average Bonchev–Trinajstić information content (AvgIpc) is 2.76. The zero-order valence-corrected chi connectivity index (χ0v) is 10.6. The third-order valence-corrected chi connectivity index (χ3v) is 3.28. The lowest BCUT2D eigenvalue weighted by Gasteiger charge is -2.10. The molecule has 1 atom stereocenters. The highest BCUT2D eigenvalue weighted by molar-refractivity contribution is 9.10. The Morgan fingerprint density at radius 1 is 1.60 bits per heavy atom. The summed E-state index contributed by atoms with van der Waals surface area (Å²) in [5.74, 6) is 1.79. The topological polar surface area (TPSA) is 28.4 Å². The van der Waals surface area contributed by atoms with Gasteiger partial charge in [0.05, 0.1) is 6.54 Å². The molecular formula is C11H17BrN2O. The Morgan fingerprint density at radius 3 is 3.07 bits per heavy atom. The van der Waals surface area contributed by atoms with Crippen LogP contribution in [0.4, 0.5) is 0 Å². The maximum atomic E-state index is 5.41. The fourth-order valence-corrected chi connectivity index (χ4v) is 2.38. The Morgan fingerprint density at radius 2 is 2.47 bits per heavy atom. The summed E-state index contributed by atoms with van der Waals surface area (Å²) in [7, 11) is 2.18. The molecule has 2 rings (SSSR count). The van der Waals surface area contributed by atoms with Gasteiger partial charge < -0.3 is 14.6 Å². The Hall–Kier alpha value is -0.320. The van der Waals surface area contributed by atoms with E-state index in [0.29, 0.717) is 0 Å². The first-order valence-electron chi connectivity index (χ1n) is 5.37. The van der Waals surface area contributed by atoms with Gasteiger partial charge >= 0.3 is 0 Å². The first-order chi connectivity index (χ1) is 7.24. The minimum Gasteiger partial charge on any atom is -0.453 e. The van der Waals surface area contributed by atoms with E-state index in [1.54, 1.807) is 0 Å². The fraction of sp³-hybridized carbons (Fsp3) is 0.636. The van der Waals surface area contributed by atoms with Crippen molar-refractivity contribution in [1.82, 2.24) is 10.2 Å². The largest absolute Gasteiger partial charge is 0.453 e. The summed E-state index contributed by atoms with van der Waals surface area (Å²) in [5.41, 5.74) is 0. The number of likely N-dealkylation sites (tertiary alicyclic amines) is 1. The van der Waals surface area contributed by atoms with Gasteiger partial charge in [-0.25, -0.2) is 0 Å². The third kappa shape index (κ3) is 3.33. The molecule has 0 aromatic carbocycles. The van der Waals surface area contributed by atoms with E-state index in [1.165, 1.54) is 19.5 Å². The van der Waals surface area contributed by atoms with Gasteiger partial charge in [-0.1, -0.05) is 0 Å². The highest BCUT2D eigenvalue weighted by Crippen LogP contribution is 2.15. The van der Waals surface area contributed by atoms with Crippen LogP contribution < -0.4 is 5.32 Å². The molecular weight excluding hydrogens is 256 g/mol. The lowest BCUT2D eigenvalue weighted by molar-refractivity contribution is 0.383. The summed E-state index contributed by atoms with van der Waals surface area (Å²) in [6.07, 6.45) is 1.31. The average molecular weight is 273 g/mol. The summed E-state index contributed by atoms with van der Waals surface area (Å²) < 4.78 is 6.22. The van der Waals surface area contributed by atoms with Crippen LogP contribution in [0.2, 0.25) is 0 Å². The number of rotatable bonds is 4. The van der Waals surface area contributed by atoms with E-state index in [2.05, 4.69) is 33.2 Å². The number of nitrogens with zero attached hydrogens (tertiary/aromatic N) is 1. The zero-order valence-electron chi connectivity index (χ0n) is 9.00. The molecule has 4 heteroatoms. The maximum Gasteiger partial charge on any atom is 0.169 e. The summed E-state index contributed by atoms with van der Waals surface area (Å²) in [4.78, 5) is 2.38. The van der Waals surface area contributed by atoms with E-state index in [9.17, 15) is 0 Å². The molecule has 3 nitrogen and oxygen atoms in total. The van der Waals surface area contributed by atoms with Gasteiger partial charge in [-0.2, -0.15) is 0 Å². The van der Waals surface area contributed by atoms with Crippen LogP contribution in [-0.4, -0.2) is 31.6 Å². The van der Waals surface area contributed by atoms with Crippen LogP contribution in [0.15, 0.2) is 21.2 Å². The van der Waals surface area contributed by atoms with E-state index < -0.39 is 0 Å². The van der Waals surface area contributed by atoms with Crippen molar-refractivity contribution in [2.24, 2.45) is 5.92 Å². The quantitative estimate of drug-likeness (QED) is 0.910. The van der Waals surface area contributed by atoms with Crippen LogP contribution >= 0.6 is 15.9 Å². The van der Waals surface area contributed by atoms with Crippen molar-refractivity contribution in [1.29, 1.82) is 0 Å². The van der Waals surface area contributed by atoms with Crippen LogP contribution in [0.25, 0.3) is 0 Å². The van der Waals surface area contributed by atoms with E-state index in [4.69, 9.17) is 4.42 Å². The molecule has 0 saturated carbocycles. The van der Waals surface area contributed by atoms with Crippen molar-refractivity contribution in [2.75, 3.05) is 26.7 Å². The van der Waals surface area contributed by atoms with E-state index in [1.807, 2.05) is 12.1 Å². The molecule has 84 valence electrons. The SMILES string of the molecule is CN1CCC(CNCc2ccc(Br)o2)C1. The second-order valence-electron chi connectivity index (χ2n) is 4.25. The highest BCUT2D eigenvalue weighted by atomic mass is 79.9. The number of nitrogens with one attached hydrogen (secondary N) is 1. The highest BCUT2D eigenvalue weighted by Gasteiger charge is 2.18. The van der Waals surface area contributed by atoms with Crippen LogP contribution in [-0.2, 0) is 6.54 Å². The summed E-state index contributed by atoms with van der Waals surface area (Å²) in [6, 6.07) is 3.93. The number of hydrogen-bond acceptors (Lipinski definition) is 3. The molecule has 0 aliphatic carbocycles. The van der Waals surface area contributed by atoms with Crippen molar-refractivity contribution < 1.29 is 4.42 Å². The van der Waals surface area contributed by atoms with Crippen LogP contribution in [0.5, 0.6) is 0 Å². The molecule has 1 unspecified atom stereocenters. The Kier molecular flexibility index (Phi) is 3.83. The minimum absolute atomic E-state index is 0.799. The third-order valence-electron chi connectivity index (χ3n) is 2.85. The van der Waals surface area contributed by atoms with Crippen molar-refractivity contribution >= 4 is 15.9 Å². The summed E-state index contributed by atoms with van der Waals surface area (Å²) >= 11 is 3.30. The van der Waals surface area contributed by atoms with Gasteiger partial charge in [-0.3, -0.25) is 0 Å². The van der Waals surface area contributed by atoms with Gasteiger partial charge in [0.2, 0.25) is 0 Å². The Labute approximate surface area is 99.0 Å². The number of furan rings is 1. The van der Waals surface area contributed by atoms with Crippen molar-refractivity contribution in [3.8, 4) is 0 Å². The molecule has 1 aliphatic rings. The summed E-state index contributed by atoms with van der Waals surface area (Å²) in [5, 5.41) is 3.44. The standard InChI is InChI=1S/C11H17BrN2O/c1-14-5-4-9(8-14)6-13-7-10-2-3-11(12)15-10/h2-3,9,13H,4-8H2,1H3. The predicted molar refractivity (Wildman–Crippen MR) is 63.7 cm³/mol. The molecule has 0 amide bonds. The molecule has 15 heavy (non-hydrogen) atoms. The molecule has 0 spiro atoms. The van der Waals surface area contributed by atoms with Crippen molar-refractivity contribution in [2.45, 2.75) is 13.0 Å². The Bertz CT molecular complexity index is 313. The number of hydrogen-bond donors (Lipinski definition) is 1. The first-order valence-corrected chi connectivity index (χ1v) is 6.17. The maximum absolute atomic E-state index is 5.41. The number of halogens is 1. The van der Waals surface area contributed by atoms with E-state index in [-0.39, 0.29) is 0 Å². The molecule has 1 fully saturated rings. The van der Waals surface area contributed by atoms with Gasteiger partial charge in [0.25, 0.3) is 0 Å². The van der Waals surface area contributed by atoms with E-state index >= 15 is 0 Å². The van der Waals surface area contributed by atoms with Crippen molar-refractivity contribution in [3.05, 3.63) is 22.6 Å². The molecule has 1 saturated heterocycles. The van der Waals surface area contributed by atoms with Crippen LogP contribution in [0.1, 0.15) is 12.2 Å². The normalized spacial score (nSPS) is 22.4. The van der Waals surface area contributed by atoms with Gasteiger partial charge in [0.1, 0.15) is 5.76 Å². The van der Waals surface area contributed by atoms with Crippen molar-refractivity contribution in [3.63, 3.8) is 0 Å². The molecule has 2 heterocycles. The predicted octanol–water partition coefficient (Wildman–Crippen LogP) is 2.08. The smallest absolute Gasteiger partial charge is 0.169 e. The zero-order chi connectivity index (χ0) is 10.7. The van der Waals surface area contributed by atoms with Gasteiger partial charge in [0.15, 0.2) is 4.67 Å². The monoisotopic (exact) mass is 272 g/mol. The fourth-order valence-electron chi connectivity index (χ4n) is 2.04. The molecule has 1 aromatic rings. The molecule has 1 aromatic heterocycles. The molecule has 1 N–H and O–H groups in total. The lowest BCUT2D eigenvalue weighted by Crippen LogP contribution is -2.24. The van der Waals surface area contributed by atoms with E-state index in [0.717, 1.165) is 29.4 Å². The van der Waals surface area contributed by atoms with Gasteiger partial charge in [-0.15, -0.1) is 0 Å². The second kappa shape index (κ2) is 5.14. The lowest BCUT2D eigenvalue weighted by atomic mass is 10.1. The Balaban J connectivity index is 1.67. The second-order valence-corrected chi connectivity index (χ2v) is 5.04. The summed E-state index contributed by atoms with van der Waals surface area (Å²) in [6.45, 7) is 4.36. The van der Waals surface area contributed by atoms with Crippen LogP contribution in [0, 0.1) is 5.92 Å².